The van der Waals surface area contributed by atoms with E-state index in [2.05, 4.69) is 0 Å². The van der Waals surface area contributed by atoms with Crippen LogP contribution in [-0.2, 0) is 16.1 Å². The average molecular weight is 258 g/mol. The lowest BCUT2D eigenvalue weighted by molar-refractivity contribution is -0.128. The van der Waals surface area contributed by atoms with Crippen molar-refractivity contribution in [3.05, 3.63) is 33.8 Å². The van der Waals surface area contributed by atoms with Crippen LogP contribution in [0.15, 0.2) is 18.2 Å². The van der Waals surface area contributed by atoms with Crippen LogP contribution in [0.5, 0.6) is 0 Å². The zero-order valence-corrected chi connectivity index (χ0v) is 9.88. The highest BCUT2D eigenvalue weighted by Crippen LogP contribution is 2.27. The molecule has 0 atom stereocenters. The molecule has 0 saturated carbocycles. The lowest BCUT2D eigenvalue weighted by Crippen LogP contribution is -2.24. The molecule has 1 saturated heterocycles. The number of rotatable bonds is 2. The van der Waals surface area contributed by atoms with Crippen molar-refractivity contribution in [1.82, 2.24) is 4.90 Å². The number of hydrogen-bond acceptors (Lipinski definition) is 2. The first-order chi connectivity index (χ1) is 7.58. The maximum Gasteiger partial charge on any atom is 0.230 e. The molecular formula is C11H9Cl2NO2. The Bertz CT molecular complexity index is 459. The zero-order valence-electron chi connectivity index (χ0n) is 8.37. The fraction of sp³-hybridized carbons (Fsp3) is 0.273. The predicted molar refractivity (Wildman–Crippen MR) is 61.5 cm³/mol. The van der Waals surface area contributed by atoms with Crippen LogP contribution in [0.1, 0.15) is 12.0 Å². The van der Waals surface area contributed by atoms with Gasteiger partial charge in [0.15, 0.2) is 5.78 Å². The number of amides is 1. The van der Waals surface area contributed by atoms with Gasteiger partial charge in [0.05, 0.1) is 23.0 Å². The summed E-state index contributed by atoms with van der Waals surface area (Å²) in [6, 6.07) is 5.25. The Morgan fingerprint density at radius 3 is 2.62 bits per heavy atom. The molecule has 1 aliphatic rings. The third-order valence-corrected chi connectivity index (χ3v) is 3.32. The van der Waals surface area contributed by atoms with Gasteiger partial charge >= 0.3 is 0 Å². The second-order valence-electron chi connectivity index (χ2n) is 3.68. The monoisotopic (exact) mass is 257 g/mol. The summed E-state index contributed by atoms with van der Waals surface area (Å²) >= 11 is 11.9. The van der Waals surface area contributed by atoms with Crippen molar-refractivity contribution in [3.8, 4) is 0 Å². The van der Waals surface area contributed by atoms with Gasteiger partial charge in [0.1, 0.15) is 0 Å². The number of carbonyl (C=O) groups is 2. The zero-order chi connectivity index (χ0) is 11.7. The third-order valence-electron chi connectivity index (χ3n) is 2.46. The molecule has 1 aromatic carbocycles. The Morgan fingerprint density at radius 2 is 2.00 bits per heavy atom. The van der Waals surface area contributed by atoms with Crippen molar-refractivity contribution in [2.75, 3.05) is 6.54 Å². The van der Waals surface area contributed by atoms with Crippen molar-refractivity contribution in [2.45, 2.75) is 13.0 Å². The van der Waals surface area contributed by atoms with Crippen LogP contribution in [0.25, 0.3) is 0 Å². The van der Waals surface area contributed by atoms with Crippen LogP contribution in [-0.4, -0.2) is 23.1 Å². The normalized spacial score (nSPS) is 16.0. The molecule has 0 unspecified atom stereocenters. The Labute approximate surface area is 103 Å². The minimum absolute atomic E-state index is 0.00180. The Hall–Kier alpha value is -1.06. The van der Waals surface area contributed by atoms with E-state index < -0.39 is 0 Å². The van der Waals surface area contributed by atoms with Gasteiger partial charge in [-0.1, -0.05) is 35.3 Å². The van der Waals surface area contributed by atoms with E-state index in [4.69, 9.17) is 23.2 Å². The summed E-state index contributed by atoms with van der Waals surface area (Å²) in [5, 5.41) is 0.897. The molecule has 3 nitrogen and oxygen atoms in total. The number of nitrogens with zero attached hydrogens (tertiary/aromatic N) is 1. The Morgan fingerprint density at radius 1 is 1.25 bits per heavy atom. The summed E-state index contributed by atoms with van der Waals surface area (Å²) in [4.78, 5) is 24.0. The van der Waals surface area contributed by atoms with Crippen molar-refractivity contribution in [3.63, 3.8) is 0 Å². The summed E-state index contributed by atoms with van der Waals surface area (Å²) in [6.07, 6.45) is -0.00180. The van der Waals surface area contributed by atoms with Gasteiger partial charge in [0, 0.05) is 6.54 Å². The van der Waals surface area contributed by atoms with E-state index in [9.17, 15) is 9.59 Å². The Balaban J connectivity index is 2.18. The molecule has 2 rings (SSSR count). The molecule has 1 fully saturated rings. The van der Waals surface area contributed by atoms with Crippen LogP contribution in [0.2, 0.25) is 10.0 Å². The quantitative estimate of drug-likeness (QED) is 0.763. The molecule has 0 radical (unpaired) electrons. The number of halogens is 2. The minimum Gasteiger partial charge on any atom is -0.331 e. The number of benzene rings is 1. The summed E-state index contributed by atoms with van der Waals surface area (Å²) < 4.78 is 0. The van der Waals surface area contributed by atoms with E-state index in [-0.39, 0.29) is 24.7 Å². The lowest BCUT2D eigenvalue weighted by atomic mass is 10.2. The van der Waals surface area contributed by atoms with Crippen LogP contribution < -0.4 is 0 Å². The maximum atomic E-state index is 11.4. The van der Waals surface area contributed by atoms with E-state index >= 15 is 0 Å². The van der Waals surface area contributed by atoms with E-state index in [1.54, 1.807) is 18.2 Å². The first kappa shape index (κ1) is 11.4. The molecule has 1 aromatic rings. The highest BCUT2D eigenvalue weighted by Gasteiger charge is 2.27. The Kier molecular flexibility index (Phi) is 3.17. The molecule has 1 heterocycles. The van der Waals surface area contributed by atoms with Crippen LogP contribution in [0.3, 0.4) is 0 Å². The summed E-state index contributed by atoms with van der Waals surface area (Å²) in [5.41, 5.74) is 0.761. The number of likely N-dealkylation sites (tertiary alicyclic amines) is 1. The fourth-order valence-corrected chi connectivity index (χ4v) is 2.04. The van der Waals surface area contributed by atoms with Crippen molar-refractivity contribution in [2.24, 2.45) is 0 Å². The minimum atomic E-state index is -0.152. The van der Waals surface area contributed by atoms with E-state index in [1.165, 1.54) is 4.90 Å². The number of Topliss-reactive ketones (excluding diaryl/α,β-unsaturated/α-hetero) is 1. The van der Waals surface area contributed by atoms with Gasteiger partial charge in [-0.05, 0) is 11.6 Å². The number of carbonyl (C=O) groups excluding carboxylic acids is 2. The third kappa shape index (κ3) is 2.20. The molecule has 0 N–H and O–H groups in total. The molecule has 0 bridgehead atoms. The fourth-order valence-electron chi connectivity index (χ4n) is 1.66. The predicted octanol–water partition coefficient (Wildman–Crippen LogP) is 2.29. The van der Waals surface area contributed by atoms with Crippen LogP contribution in [0, 0.1) is 0 Å². The van der Waals surface area contributed by atoms with Crippen molar-refractivity contribution >= 4 is 34.9 Å². The number of hydrogen-bond donors (Lipinski definition) is 0. The first-order valence-corrected chi connectivity index (χ1v) is 5.56. The van der Waals surface area contributed by atoms with Gasteiger partial charge in [-0.25, -0.2) is 0 Å². The smallest absolute Gasteiger partial charge is 0.230 e. The second kappa shape index (κ2) is 4.44. The molecule has 0 aliphatic carbocycles. The summed E-state index contributed by atoms with van der Waals surface area (Å²) in [5.74, 6) is -0.204. The van der Waals surface area contributed by atoms with Gasteiger partial charge in [0.2, 0.25) is 5.91 Å². The molecule has 84 valence electrons. The molecule has 1 amide bonds. The molecular weight excluding hydrogens is 249 g/mol. The molecule has 0 spiro atoms. The molecule has 1 aliphatic heterocycles. The van der Waals surface area contributed by atoms with Gasteiger partial charge in [0.25, 0.3) is 0 Å². The summed E-state index contributed by atoms with van der Waals surface area (Å²) in [7, 11) is 0. The van der Waals surface area contributed by atoms with Gasteiger partial charge in [-0.15, -0.1) is 0 Å². The first-order valence-electron chi connectivity index (χ1n) is 4.80. The van der Waals surface area contributed by atoms with Gasteiger partial charge < -0.3 is 4.90 Å². The average Bonchev–Trinajstić information content (AvgIpc) is 2.53. The summed E-state index contributed by atoms with van der Waals surface area (Å²) in [6.45, 7) is 0.506. The highest BCUT2D eigenvalue weighted by molar-refractivity contribution is 6.42. The largest absolute Gasteiger partial charge is 0.331 e. The van der Waals surface area contributed by atoms with E-state index in [1.807, 2.05) is 0 Å². The molecule has 5 heteroatoms. The van der Waals surface area contributed by atoms with Crippen LogP contribution in [0.4, 0.5) is 0 Å². The molecule has 16 heavy (non-hydrogen) atoms. The SMILES string of the molecule is O=C1CC(=O)N(Cc2cccc(Cl)c2Cl)C1. The second-order valence-corrected chi connectivity index (χ2v) is 4.46. The van der Waals surface area contributed by atoms with Gasteiger partial charge in [-0.3, -0.25) is 9.59 Å². The lowest BCUT2D eigenvalue weighted by Gasteiger charge is -2.15. The number of ketones is 1. The maximum absolute atomic E-state index is 11.4. The topological polar surface area (TPSA) is 37.4 Å². The van der Waals surface area contributed by atoms with E-state index in [0.29, 0.717) is 16.6 Å². The highest BCUT2D eigenvalue weighted by atomic mass is 35.5. The molecule has 0 aromatic heterocycles. The van der Waals surface area contributed by atoms with Crippen molar-refractivity contribution in [1.29, 1.82) is 0 Å². The van der Waals surface area contributed by atoms with Crippen LogP contribution >= 0.6 is 23.2 Å². The van der Waals surface area contributed by atoms with Gasteiger partial charge in [-0.2, -0.15) is 0 Å². The van der Waals surface area contributed by atoms with E-state index in [0.717, 1.165) is 5.56 Å². The standard InChI is InChI=1S/C11H9Cl2NO2/c12-9-3-1-2-7(11(9)13)5-14-6-8(15)4-10(14)16/h1-3H,4-6H2. The van der Waals surface area contributed by atoms with Crippen molar-refractivity contribution < 1.29 is 9.59 Å².